The van der Waals surface area contributed by atoms with Gasteiger partial charge >= 0.3 is 0 Å². The van der Waals surface area contributed by atoms with Crippen molar-refractivity contribution in [3.8, 4) is 22.8 Å². The van der Waals surface area contributed by atoms with Crippen LogP contribution in [0.25, 0.3) is 22.8 Å². The van der Waals surface area contributed by atoms with Gasteiger partial charge in [0.1, 0.15) is 5.69 Å². The van der Waals surface area contributed by atoms with Gasteiger partial charge in [0, 0.05) is 31.1 Å². The quantitative estimate of drug-likeness (QED) is 0.729. The first-order valence-corrected chi connectivity index (χ1v) is 8.10. The van der Waals surface area contributed by atoms with Crippen LogP contribution in [0.2, 0.25) is 0 Å². The highest BCUT2D eigenvalue weighted by Crippen LogP contribution is 2.39. The lowest BCUT2D eigenvalue weighted by molar-refractivity contribution is 0.0827. The Balaban J connectivity index is 1.61. The van der Waals surface area contributed by atoms with Crippen molar-refractivity contribution < 1.29 is 9.21 Å². The largest absolute Gasteiger partial charge is 0.419 e. The highest BCUT2D eigenvalue weighted by molar-refractivity contribution is 5.94. The van der Waals surface area contributed by atoms with Gasteiger partial charge in [0.05, 0.1) is 18.1 Å². The van der Waals surface area contributed by atoms with Crippen molar-refractivity contribution in [1.82, 2.24) is 25.1 Å². The van der Waals surface area contributed by atoms with Crippen LogP contribution in [-0.4, -0.2) is 45.1 Å². The monoisotopic (exact) mass is 335 g/mol. The number of hydrogen-bond donors (Lipinski definition) is 0. The van der Waals surface area contributed by atoms with E-state index in [2.05, 4.69) is 20.2 Å². The molecule has 0 atom stereocenters. The van der Waals surface area contributed by atoms with Crippen molar-refractivity contribution in [1.29, 1.82) is 0 Å². The minimum absolute atomic E-state index is 0.0372. The minimum Gasteiger partial charge on any atom is -0.419 e. The van der Waals surface area contributed by atoms with E-state index in [1.807, 2.05) is 12.1 Å². The second-order valence-corrected chi connectivity index (χ2v) is 6.29. The van der Waals surface area contributed by atoms with Crippen molar-refractivity contribution in [3.63, 3.8) is 0 Å². The number of aromatic nitrogens is 4. The zero-order valence-electron chi connectivity index (χ0n) is 14.0. The van der Waals surface area contributed by atoms with Gasteiger partial charge in [-0.25, -0.2) is 4.98 Å². The molecule has 1 amide bonds. The summed E-state index contributed by atoms with van der Waals surface area (Å²) in [7, 11) is 3.46. The van der Waals surface area contributed by atoms with Crippen LogP contribution in [0.4, 0.5) is 0 Å². The number of carbonyl (C=O) groups excluding carboxylic acids is 1. The van der Waals surface area contributed by atoms with Crippen LogP contribution in [0, 0.1) is 0 Å². The smallest absolute Gasteiger partial charge is 0.267 e. The van der Waals surface area contributed by atoms with E-state index in [1.54, 1.807) is 43.5 Å². The number of benzene rings is 1. The molecule has 7 nitrogen and oxygen atoms in total. The van der Waals surface area contributed by atoms with Gasteiger partial charge in [-0.1, -0.05) is 12.1 Å². The van der Waals surface area contributed by atoms with Crippen molar-refractivity contribution >= 4 is 5.91 Å². The Morgan fingerprint density at radius 2 is 1.80 bits per heavy atom. The lowest BCUT2D eigenvalue weighted by atomic mass is 10.1. The molecule has 0 radical (unpaired) electrons. The molecule has 2 aromatic heterocycles. The molecule has 1 saturated carbocycles. The van der Waals surface area contributed by atoms with E-state index < -0.39 is 0 Å². The van der Waals surface area contributed by atoms with E-state index in [-0.39, 0.29) is 5.91 Å². The number of amides is 1. The highest BCUT2D eigenvalue weighted by atomic mass is 16.4. The summed E-state index contributed by atoms with van der Waals surface area (Å²) in [6, 6.07) is 7.27. The molecule has 1 aromatic carbocycles. The Hall–Kier alpha value is -3.09. The van der Waals surface area contributed by atoms with Gasteiger partial charge in [-0.3, -0.25) is 9.78 Å². The topological polar surface area (TPSA) is 85.0 Å². The molecule has 0 bridgehead atoms. The summed E-state index contributed by atoms with van der Waals surface area (Å²) >= 11 is 0. The molecular formula is C18H17N5O2. The minimum atomic E-state index is -0.0372. The number of nitrogens with zero attached hydrogens (tertiary/aromatic N) is 5. The van der Waals surface area contributed by atoms with Gasteiger partial charge in [0.15, 0.2) is 0 Å². The van der Waals surface area contributed by atoms with E-state index in [4.69, 9.17) is 4.42 Å². The predicted octanol–water partition coefficient (Wildman–Crippen LogP) is 2.77. The normalized spacial score (nSPS) is 13.7. The molecule has 0 N–H and O–H groups in total. The Morgan fingerprint density at radius 1 is 1.08 bits per heavy atom. The zero-order valence-corrected chi connectivity index (χ0v) is 14.0. The Kier molecular flexibility index (Phi) is 3.76. The Labute approximate surface area is 144 Å². The number of rotatable bonds is 4. The fourth-order valence-electron chi connectivity index (χ4n) is 2.48. The molecule has 1 aliphatic carbocycles. The maximum absolute atomic E-state index is 12.0. The number of carbonyl (C=O) groups is 1. The van der Waals surface area contributed by atoms with Crippen molar-refractivity contribution in [3.05, 3.63) is 48.1 Å². The van der Waals surface area contributed by atoms with Gasteiger partial charge < -0.3 is 9.32 Å². The number of hydrogen-bond acceptors (Lipinski definition) is 6. The van der Waals surface area contributed by atoms with E-state index >= 15 is 0 Å². The third kappa shape index (κ3) is 3.13. The van der Waals surface area contributed by atoms with Crippen LogP contribution in [0.1, 0.15) is 35.0 Å². The summed E-state index contributed by atoms with van der Waals surface area (Å²) < 4.78 is 5.69. The van der Waals surface area contributed by atoms with Gasteiger partial charge in [0.25, 0.3) is 11.8 Å². The van der Waals surface area contributed by atoms with Crippen LogP contribution in [0.3, 0.4) is 0 Å². The third-order valence-electron chi connectivity index (χ3n) is 4.05. The highest BCUT2D eigenvalue weighted by Gasteiger charge is 2.29. The first kappa shape index (κ1) is 15.4. The van der Waals surface area contributed by atoms with E-state index in [0.29, 0.717) is 34.7 Å². The average Bonchev–Trinajstić information content (AvgIpc) is 3.38. The van der Waals surface area contributed by atoms with Gasteiger partial charge in [0.2, 0.25) is 5.89 Å². The zero-order chi connectivity index (χ0) is 17.4. The molecule has 3 aromatic rings. The first-order chi connectivity index (χ1) is 12.1. The van der Waals surface area contributed by atoms with E-state index in [9.17, 15) is 4.79 Å². The lowest BCUT2D eigenvalue weighted by Gasteiger charge is -2.10. The van der Waals surface area contributed by atoms with Crippen LogP contribution >= 0.6 is 0 Å². The third-order valence-corrected chi connectivity index (χ3v) is 4.05. The summed E-state index contributed by atoms with van der Waals surface area (Å²) in [6.07, 6.45) is 5.48. The molecule has 2 heterocycles. The molecule has 0 saturated heterocycles. The second-order valence-electron chi connectivity index (χ2n) is 6.29. The van der Waals surface area contributed by atoms with Crippen molar-refractivity contribution in [2.24, 2.45) is 0 Å². The first-order valence-electron chi connectivity index (χ1n) is 8.10. The molecule has 25 heavy (non-hydrogen) atoms. The molecule has 1 fully saturated rings. The molecule has 4 rings (SSSR count). The van der Waals surface area contributed by atoms with Crippen LogP contribution in [0.5, 0.6) is 0 Å². The molecule has 7 heteroatoms. The molecule has 0 spiro atoms. The summed E-state index contributed by atoms with van der Waals surface area (Å²) in [5, 5.41) is 8.15. The fraction of sp³-hybridized carbons (Fsp3) is 0.278. The van der Waals surface area contributed by atoms with Gasteiger partial charge in [-0.05, 0) is 25.0 Å². The summed E-state index contributed by atoms with van der Waals surface area (Å²) in [5.41, 5.74) is 2.73. The molecular weight excluding hydrogens is 318 g/mol. The van der Waals surface area contributed by atoms with Crippen molar-refractivity contribution in [2.45, 2.75) is 18.8 Å². The summed E-state index contributed by atoms with van der Waals surface area (Å²) in [4.78, 5) is 22.3. The van der Waals surface area contributed by atoms with E-state index in [1.165, 1.54) is 0 Å². The molecule has 0 aliphatic heterocycles. The molecule has 126 valence electrons. The van der Waals surface area contributed by atoms with Crippen LogP contribution < -0.4 is 0 Å². The summed E-state index contributed by atoms with van der Waals surface area (Å²) in [5.74, 6) is 1.42. The average molecular weight is 335 g/mol. The second kappa shape index (κ2) is 6.08. The Morgan fingerprint density at radius 3 is 2.48 bits per heavy atom. The standard InChI is InChI=1S/C18H17N5O2/c1-23(2)18(24)13-7-3-11(4-8-13)14-9-19-10-15(20-14)17-22-21-16(25-17)12-5-6-12/h3-4,7-10,12H,5-6H2,1-2H3. The summed E-state index contributed by atoms with van der Waals surface area (Å²) in [6.45, 7) is 0. The predicted molar refractivity (Wildman–Crippen MR) is 90.8 cm³/mol. The van der Waals surface area contributed by atoms with Gasteiger partial charge in [-0.2, -0.15) is 0 Å². The van der Waals surface area contributed by atoms with Crippen LogP contribution in [-0.2, 0) is 0 Å². The lowest BCUT2D eigenvalue weighted by Crippen LogP contribution is -2.21. The fourth-order valence-corrected chi connectivity index (χ4v) is 2.48. The SMILES string of the molecule is CN(C)C(=O)c1ccc(-c2cncc(-c3nnc(C4CC4)o3)n2)cc1. The maximum atomic E-state index is 12.0. The van der Waals surface area contributed by atoms with Gasteiger partial charge in [-0.15, -0.1) is 10.2 Å². The van der Waals surface area contributed by atoms with E-state index in [0.717, 1.165) is 18.4 Å². The molecule has 0 unspecified atom stereocenters. The Bertz CT molecular complexity index is 913. The van der Waals surface area contributed by atoms with Crippen LogP contribution in [0.15, 0.2) is 41.1 Å². The molecule has 1 aliphatic rings. The van der Waals surface area contributed by atoms with Crippen molar-refractivity contribution in [2.75, 3.05) is 14.1 Å². The maximum Gasteiger partial charge on any atom is 0.267 e.